The molecule has 0 heterocycles. The molecule has 1 aliphatic rings. The fourth-order valence-corrected chi connectivity index (χ4v) is 1.85. The van der Waals surface area contributed by atoms with E-state index in [1.54, 1.807) is 6.92 Å². The van der Waals surface area contributed by atoms with Crippen molar-refractivity contribution in [1.29, 1.82) is 0 Å². The molecule has 0 aromatic heterocycles. The normalized spacial score (nSPS) is 25.8. The number of rotatable bonds is 2. The van der Waals surface area contributed by atoms with Gasteiger partial charge in [-0.3, -0.25) is 9.59 Å². The summed E-state index contributed by atoms with van der Waals surface area (Å²) in [5.41, 5.74) is 1.49. The highest BCUT2D eigenvalue weighted by molar-refractivity contribution is 6.09. The zero-order chi connectivity index (χ0) is 11.6. The predicted molar refractivity (Wildman–Crippen MR) is 57.2 cm³/mol. The molecule has 0 unspecified atom stereocenters. The summed E-state index contributed by atoms with van der Waals surface area (Å²) in [6, 6.07) is 0. The van der Waals surface area contributed by atoms with E-state index >= 15 is 0 Å². The molecule has 0 aromatic carbocycles. The van der Waals surface area contributed by atoms with Crippen LogP contribution in [0.4, 0.5) is 0 Å². The van der Waals surface area contributed by atoms with Crippen LogP contribution in [0, 0.1) is 11.8 Å². The van der Waals surface area contributed by atoms with Crippen LogP contribution in [0.1, 0.15) is 20.3 Å². The van der Waals surface area contributed by atoms with Crippen LogP contribution in [0.3, 0.4) is 0 Å². The van der Waals surface area contributed by atoms with Crippen LogP contribution in [-0.4, -0.2) is 18.9 Å². The van der Waals surface area contributed by atoms with Gasteiger partial charge in [0.25, 0.3) is 0 Å². The van der Waals surface area contributed by atoms with Crippen molar-refractivity contribution >= 4 is 11.8 Å². The van der Waals surface area contributed by atoms with Crippen LogP contribution < -0.4 is 0 Å². The minimum absolute atomic E-state index is 0.117. The number of hydrogen-bond donors (Lipinski definition) is 0. The van der Waals surface area contributed by atoms with Gasteiger partial charge in [0.1, 0.15) is 5.92 Å². The Morgan fingerprint density at radius 2 is 2.20 bits per heavy atom. The van der Waals surface area contributed by atoms with Crippen molar-refractivity contribution in [2.75, 3.05) is 7.11 Å². The summed E-state index contributed by atoms with van der Waals surface area (Å²) in [4.78, 5) is 23.4. The third-order valence-corrected chi connectivity index (χ3v) is 2.84. The molecule has 0 bridgehead atoms. The SMILES string of the molecule is C=C(C)[C@@H]1CC=C(C)C(=O)[C@H]1C(=O)OC. The maximum absolute atomic E-state index is 11.8. The zero-order valence-corrected chi connectivity index (χ0v) is 9.37. The number of allylic oxidation sites excluding steroid dienone is 3. The van der Waals surface area contributed by atoms with Crippen molar-refractivity contribution in [3.8, 4) is 0 Å². The van der Waals surface area contributed by atoms with E-state index in [4.69, 9.17) is 0 Å². The summed E-state index contributed by atoms with van der Waals surface area (Å²) in [7, 11) is 1.30. The molecule has 82 valence electrons. The Kier molecular flexibility index (Phi) is 3.45. The first kappa shape index (κ1) is 11.7. The van der Waals surface area contributed by atoms with E-state index in [1.165, 1.54) is 7.11 Å². The number of hydrogen-bond acceptors (Lipinski definition) is 3. The molecule has 0 aliphatic heterocycles. The molecule has 0 spiro atoms. The van der Waals surface area contributed by atoms with E-state index in [9.17, 15) is 9.59 Å². The predicted octanol–water partition coefficient (Wildman–Crippen LogP) is 1.89. The number of carbonyl (C=O) groups excluding carboxylic acids is 2. The molecule has 1 aliphatic carbocycles. The van der Waals surface area contributed by atoms with E-state index in [-0.39, 0.29) is 11.7 Å². The number of ketones is 1. The smallest absolute Gasteiger partial charge is 0.317 e. The molecule has 0 aromatic rings. The first-order valence-corrected chi connectivity index (χ1v) is 4.93. The summed E-state index contributed by atoms with van der Waals surface area (Å²) in [6.45, 7) is 7.38. The molecular weight excluding hydrogens is 192 g/mol. The second-order valence-electron chi connectivity index (χ2n) is 3.94. The van der Waals surface area contributed by atoms with Gasteiger partial charge in [0.15, 0.2) is 5.78 Å². The van der Waals surface area contributed by atoms with Gasteiger partial charge in [-0.25, -0.2) is 0 Å². The lowest BCUT2D eigenvalue weighted by molar-refractivity contribution is -0.150. The van der Waals surface area contributed by atoms with Crippen molar-refractivity contribution in [3.63, 3.8) is 0 Å². The number of Topliss-reactive ketones (excluding diaryl/α,β-unsaturated/α-hetero) is 1. The lowest BCUT2D eigenvalue weighted by Gasteiger charge is -2.27. The van der Waals surface area contributed by atoms with Gasteiger partial charge in [0.05, 0.1) is 7.11 Å². The van der Waals surface area contributed by atoms with Crippen LogP contribution in [-0.2, 0) is 14.3 Å². The van der Waals surface area contributed by atoms with Crippen molar-refractivity contribution in [1.82, 2.24) is 0 Å². The molecule has 15 heavy (non-hydrogen) atoms. The van der Waals surface area contributed by atoms with Gasteiger partial charge in [-0.15, -0.1) is 0 Å². The highest BCUT2D eigenvalue weighted by atomic mass is 16.5. The molecule has 0 saturated heterocycles. The van der Waals surface area contributed by atoms with Gasteiger partial charge in [0, 0.05) is 5.92 Å². The highest BCUT2D eigenvalue weighted by Gasteiger charge is 2.38. The Hall–Kier alpha value is -1.38. The maximum Gasteiger partial charge on any atom is 0.317 e. The fraction of sp³-hybridized carbons (Fsp3) is 0.500. The van der Waals surface area contributed by atoms with Crippen LogP contribution in [0.5, 0.6) is 0 Å². The monoisotopic (exact) mass is 208 g/mol. The van der Waals surface area contributed by atoms with Gasteiger partial charge >= 0.3 is 5.97 Å². The first-order valence-electron chi connectivity index (χ1n) is 4.93. The minimum atomic E-state index is -0.697. The maximum atomic E-state index is 11.8. The summed E-state index contributed by atoms with van der Waals surface area (Å²) in [5.74, 6) is -1.41. The van der Waals surface area contributed by atoms with Crippen molar-refractivity contribution < 1.29 is 14.3 Å². The van der Waals surface area contributed by atoms with Crippen molar-refractivity contribution in [2.45, 2.75) is 20.3 Å². The van der Waals surface area contributed by atoms with E-state index in [1.807, 2.05) is 13.0 Å². The van der Waals surface area contributed by atoms with Gasteiger partial charge in [-0.05, 0) is 25.8 Å². The number of ether oxygens (including phenoxy) is 1. The van der Waals surface area contributed by atoms with Crippen molar-refractivity contribution in [3.05, 3.63) is 23.8 Å². The van der Waals surface area contributed by atoms with Crippen molar-refractivity contribution in [2.24, 2.45) is 11.8 Å². The van der Waals surface area contributed by atoms with Gasteiger partial charge in [-0.1, -0.05) is 18.2 Å². The largest absolute Gasteiger partial charge is 0.468 e. The number of methoxy groups -OCH3 is 1. The van der Waals surface area contributed by atoms with Crippen LogP contribution >= 0.6 is 0 Å². The zero-order valence-electron chi connectivity index (χ0n) is 9.37. The molecule has 2 atom stereocenters. The van der Waals surface area contributed by atoms with E-state index in [2.05, 4.69) is 11.3 Å². The molecule has 0 radical (unpaired) electrons. The van der Waals surface area contributed by atoms with E-state index in [0.29, 0.717) is 12.0 Å². The van der Waals surface area contributed by atoms with Crippen LogP contribution in [0.25, 0.3) is 0 Å². The average Bonchev–Trinajstić information content (AvgIpc) is 2.20. The molecular formula is C12H16O3. The van der Waals surface area contributed by atoms with Crippen LogP contribution in [0.2, 0.25) is 0 Å². The fourth-order valence-electron chi connectivity index (χ4n) is 1.85. The molecule has 3 heteroatoms. The quantitative estimate of drug-likeness (QED) is 0.395. The Labute approximate surface area is 89.8 Å². The second kappa shape index (κ2) is 4.43. The Morgan fingerprint density at radius 1 is 1.60 bits per heavy atom. The Balaban J connectivity index is 3.05. The third kappa shape index (κ3) is 2.17. The topological polar surface area (TPSA) is 43.4 Å². The average molecular weight is 208 g/mol. The highest BCUT2D eigenvalue weighted by Crippen LogP contribution is 2.32. The van der Waals surface area contributed by atoms with Gasteiger partial charge in [0.2, 0.25) is 0 Å². The van der Waals surface area contributed by atoms with Gasteiger partial charge < -0.3 is 4.74 Å². The second-order valence-corrected chi connectivity index (χ2v) is 3.94. The van der Waals surface area contributed by atoms with E-state index in [0.717, 1.165) is 5.57 Å². The summed E-state index contributed by atoms with van der Waals surface area (Å²) < 4.78 is 4.66. The standard InChI is InChI=1S/C12H16O3/c1-7(2)9-6-5-8(3)11(13)10(9)12(14)15-4/h5,9-10H,1,6H2,2-4H3/t9-,10-/m0/s1. The molecule has 0 N–H and O–H groups in total. The minimum Gasteiger partial charge on any atom is -0.468 e. The van der Waals surface area contributed by atoms with E-state index < -0.39 is 11.9 Å². The Bertz CT molecular complexity index is 339. The third-order valence-electron chi connectivity index (χ3n) is 2.84. The molecule has 0 amide bonds. The van der Waals surface area contributed by atoms with Gasteiger partial charge in [-0.2, -0.15) is 0 Å². The van der Waals surface area contributed by atoms with Crippen LogP contribution in [0.15, 0.2) is 23.8 Å². The summed E-state index contributed by atoms with van der Waals surface area (Å²) >= 11 is 0. The lowest BCUT2D eigenvalue weighted by atomic mass is 9.76. The molecule has 0 fully saturated rings. The Morgan fingerprint density at radius 3 is 2.67 bits per heavy atom. The molecule has 0 saturated carbocycles. The summed E-state index contributed by atoms with van der Waals surface area (Å²) in [5, 5.41) is 0. The first-order chi connectivity index (χ1) is 6.99. The number of carbonyl (C=O) groups is 2. The molecule has 1 rings (SSSR count). The summed E-state index contributed by atoms with van der Waals surface area (Å²) in [6.07, 6.45) is 2.55. The lowest BCUT2D eigenvalue weighted by Crippen LogP contribution is -2.35. The molecule has 3 nitrogen and oxygen atoms in total. The number of esters is 1.